The maximum atomic E-state index is 12.9. The van der Waals surface area contributed by atoms with E-state index >= 15 is 0 Å². The highest BCUT2D eigenvalue weighted by atomic mass is 32.2. The van der Waals surface area contributed by atoms with Crippen LogP contribution in [0.3, 0.4) is 0 Å². The Hall–Kier alpha value is -0.840. The highest BCUT2D eigenvalue weighted by molar-refractivity contribution is 8.00. The van der Waals surface area contributed by atoms with E-state index in [9.17, 15) is 26.3 Å². The van der Waals surface area contributed by atoms with Crippen molar-refractivity contribution in [3.63, 3.8) is 0 Å². The van der Waals surface area contributed by atoms with Gasteiger partial charge in [0.1, 0.15) is 5.25 Å². The van der Waals surface area contributed by atoms with Gasteiger partial charge in [-0.05, 0) is 41.6 Å². The Morgan fingerprint density at radius 3 is 2.23 bits per heavy atom. The summed E-state index contributed by atoms with van der Waals surface area (Å²) in [6.07, 6.45) is -6.18. The fourth-order valence-electron chi connectivity index (χ4n) is 1.86. The molecular weight excluding hydrogens is 354 g/mol. The van der Waals surface area contributed by atoms with Gasteiger partial charge in [-0.15, -0.1) is 11.8 Å². The molecule has 2 rings (SSSR count). The Morgan fingerprint density at radius 2 is 1.73 bits per heavy atom. The monoisotopic (exact) mass is 362 g/mol. The SMILES string of the molecule is OC(O)C1=Cc2cc(SC(F)(F)F)ccc2SC1C(F)(F)F. The van der Waals surface area contributed by atoms with Crippen LogP contribution in [0.5, 0.6) is 0 Å². The molecule has 0 fully saturated rings. The topological polar surface area (TPSA) is 40.5 Å². The van der Waals surface area contributed by atoms with E-state index in [1.54, 1.807) is 0 Å². The van der Waals surface area contributed by atoms with Gasteiger partial charge in [0, 0.05) is 15.4 Å². The highest BCUT2D eigenvalue weighted by Gasteiger charge is 2.46. The normalized spacial score (nSPS) is 19.1. The molecule has 0 bridgehead atoms. The average Bonchev–Trinajstić information content (AvgIpc) is 2.33. The summed E-state index contributed by atoms with van der Waals surface area (Å²) in [6.45, 7) is 0. The van der Waals surface area contributed by atoms with Crippen LogP contribution in [0.2, 0.25) is 0 Å². The molecule has 0 aliphatic carbocycles. The Balaban J connectivity index is 2.41. The van der Waals surface area contributed by atoms with E-state index in [0.717, 1.165) is 24.3 Å². The number of alkyl halides is 6. The van der Waals surface area contributed by atoms with Crippen LogP contribution in [0, 0.1) is 0 Å². The molecule has 2 nitrogen and oxygen atoms in total. The molecule has 0 radical (unpaired) electrons. The van der Waals surface area contributed by atoms with E-state index < -0.39 is 40.6 Å². The van der Waals surface area contributed by atoms with Gasteiger partial charge in [0.15, 0.2) is 6.29 Å². The van der Waals surface area contributed by atoms with E-state index in [1.807, 2.05) is 0 Å². The predicted octanol–water partition coefficient (Wildman–Crippen LogP) is 4.03. The van der Waals surface area contributed by atoms with E-state index in [4.69, 9.17) is 10.2 Å². The maximum absolute atomic E-state index is 12.9. The minimum atomic E-state index is -4.71. The molecule has 1 aliphatic rings. The Morgan fingerprint density at radius 1 is 1.09 bits per heavy atom. The van der Waals surface area contributed by atoms with Gasteiger partial charge in [-0.2, -0.15) is 26.3 Å². The smallest absolute Gasteiger partial charge is 0.365 e. The number of thioether (sulfide) groups is 2. The number of rotatable bonds is 2. The number of aliphatic hydroxyl groups is 2. The van der Waals surface area contributed by atoms with E-state index in [2.05, 4.69) is 0 Å². The van der Waals surface area contributed by atoms with Gasteiger partial charge in [-0.25, -0.2) is 0 Å². The summed E-state index contributed by atoms with van der Waals surface area (Å²) in [6, 6.07) is 3.30. The van der Waals surface area contributed by atoms with Gasteiger partial charge in [-0.3, -0.25) is 0 Å². The van der Waals surface area contributed by atoms with Gasteiger partial charge in [0.05, 0.1) is 0 Å². The maximum Gasteiger partial charge on any atom is 0.446 e. The fraction of sp³-hybridized carbons (Fsp3) is 0.333. The van der Waals surface area contributed by atoms with Crippen molar-refractivity contribution in [2.75, 3.05) is 0 Å². The molecule has 22 heavy (non-hydrogen) atoms. The molecule has 1 atom stereocenters. The van der Waals surface area contributed by atoms with Crippen LogP contribution in [0.1, 0.15) is 5.56 Å². The molecule has 1 heterocycles. The summed E-state index contributed by atoms with van der Waals surface area (Å²) in [7, 11) is 0. The van der Waals surface area contributed by atoms with Crippen LogP contribution in [0.4, 0.5) is 26.3 Å². The minimum Gasteiger partial charge on any atom is -0.365 e. The quantitative estimate of drug-likeness (QED) is 0.474. The molecule has 0 aromatic heterocycles. The molecular formula is C12H8F6O2S2. The van der Waals surface area contributed by atoms with Crippen LogP contribution in [-0.4, -0.2) is 33.4 Å². The predicted molar refractivity (Wildman–Crippen MR) is 70.3 cm³/mol. The summed E-state index contributed by atoms with van der Waals surface area (Å²) in [5.74, 6) is 0. The molecule has 0 saturated carbocycles. The van der Waals surface area contributed by atoms with E-state index in [0.29, 0.717) is 11.8 Å². The number of benzene rings is 1. The van der Waals surface area contributed by atoms with Crippen LogP contribution in [0.15, 0.2) is 33.6 Å². The number of halogens is 6. The molecule has 10 heteroatoms. The van der Waals surface area contributed by atoms with Crippen molar-refractivity contribution in [3.05, 3.63) is 29.3 Å². The lowest BCUT2D eigenvalue weighted by Gasteiger charge is -2.28. The van der Waals surface area contributed by atoms with Crippen molar-refractivity contribution in [2.45, 2.75) is 33.0 Å². The fourth-order valence-corrected chi connectivity index (χ4v) is 3.56. The summed E-state index contributed by atoms with van der Waals surface area (Å²) < 4.78 is 75.7. The lowest BCUT2D eigenvalue weighted by atomic mass is 10.1. The number of hydrogen-bond acceptors (Lipinski definition) is 4. The molecule has 0 saturated heterocycles. The lowest BCUT2D eigenvalue weighted by molar-refractivity contribution is -0.129. The molecule has 1 aromatic rings. The molecule has 2 N–H and O–H groups in total. The zero-order valence-corrected chi connectivity index (χ0v) is 12.1. The van der Waals surface area contributed by atoms with Crippen LogP contribution < -0.4 is 0 Å². The molecule has 1 aromatic carbocycles. The summed E-state index contributed by atoms with van der Waals surface area (Å²) in [4.78, 5) is -0.0708. The van der Waals surface area contributed by atoms with Crippen molar-refractivity contribution in [2.24, 2.45) is 0 Å². The largest absolute Gasteiger partial charge is 0.446 e. The summed E-state index contributed by atoms with van der Waals surface area (Å²) in [5.41, 5.74) is -5.14. The number of hydrogen-bond donors (Lipinski definition) is 2. The Kier molecular flexibility index (Phi) is 4.77. The first-order chi connectivity index (χ1) is 9.97. The van der Waals surface area contributed by atoms with Gasteiger partial charge in [0.2, 0.25) is 0 Å². The number of aliphatic hydroxyl groups excluding tert-OH is 1. The Bertz CT molecular complexity index is 594. The number of fused-ring (bicyclic) bond motifs is 1. The first-order valence-electron chi connectivity index (χ1n) is 5.68. The zero-order chi connectivity index (χ0) is 16.7. The van der Waals surface area contributed by atoms with Gasteiger partial charge in [-0.1, -0.05) is 0 Å². The standard InChI is InChI=1S/C12H8F6O2S2/c13-11(14,15)9-7(10(19)20)4-5-3-6(22-12(16,17)18)1-2-8(5)21-9/h1-4,9-10,19-20H. The van der Waals surface area contributed by atoms with Crippen molar-refractivity contribution < 1.29 is 36.6 Å². The third-order valence-corrected chi connectivity index (χ3v) is 4.80. The van der Waals surface area contributed by atoms with Crippen molar-refractivity contribution in [3.8, 4) is 0 Å². The summed E-state index contributed by atoms with van der Waals surface area (Å²) >= 11 is -0.0730. The van der Waals surface area contributed by atoms with Crippen molar-refractivity contribution >= 4 is 29.6 Å². The van der Waals surface area contributed by atoms with Gasteiger partial charge >= 0.3 is 11.7 Å². The zero-order valence-electron chi connectivity index (χ0n) is 10.4. The third-order valence-electron chi connectivity index (χ3n) is 2.68. The lowest BCUT2D eigenvalue weighted by Crippen LogP contribution is -2.34. The molecule has 0 amide bonds. The third kappa shape index (κ3) is 4.12. The summed E-state index contributed by atoms with van der Waals surface area (Å²) in [5, 5.41) is 16.0. The van der Waals surface area contributed by atoms with Gasteiger partial charge in [0.25, 0.3) is 0 Å². The second kappa shape index (κ2) is 5.99. The average molecular weight is 362 g/mol. The van der Waals surface area contributed by atoms with Gasteiger partial charge < -0.3 is 10.2 Å². The molecule has 0 spiro atoms. The van der Waals surface area contributed by atoms with E-state index in [1.165, 1.54) is 0 Å². The molecule has 1 aliphatic heterocycles. The second-order valence-electron chi connectivity index (χ2n) is 4.30. The van der Waals surface area contributed by atoms with Crippen molar-refractivity contribution in [1.29, 1.82) is 0 Å². The van der Waals surface area contributed by atoms with Crippen LogP contribution in [0.25, 0.3) is 6.08 Å². The first kappa shape index (κ1) is 17.5. The molecule has 1 unspecified atom stereocenters. The minimum absolute atomic E-state index is 0.0860. The van der Waals surface area contributed by atoms with E-state index in [-0.39, 0.29) is 15.4 Å². The first-order valence-corrected chi connectivity index (χ1v) is 7.38. The molecule has 122 valence electrons. The van der Waals surface area contributed by atoms with Crippen LogP contribution in [-0.2, 0) is 0 Å². The second-order valence-corrected chi connectivity index (χ2v) is 6.59. The Labute approximate surface area is 129 Å². The van der Waals surface area contributed by atoms with Crippen molar-refractivity contribution in [1.82, 2.24) is 0 Å². The van der Waals surface area contributed by atoms with Crippen LogP contribution >= 0.6 is 23.5 Å². The highest BCUT2D eigenvalue weighted by Crippen LogP contribution is 2.47.